The first-order valence-corrected chi connectivity index (χ1v) is 7.84. The van der Waals surface area contributed by atoms with E-state index in [1.807, 2.05) is 0 Å². The van der Waals surface area contributed by atoms with Gasteiger partial charge < -0.3 is 15.3 Å². The largest absolute Gasteiger partial charge is 0.395 e. The van der Waals surface area contributed by atoms with Gasteiger partial charge >= 0.3 is 0 Å². The van der Waals surface area contributed by atoms with Gasteiger partial charge in [-0.2, -0.15) is 0 Å². The average molecular weight is 254 g/mol. The van der Waals surface area contributed by atoms with Crippen LogP contribution in [0.5, 0.6) is 0 Å². The molecule has 0 bridgehead atoms. The van der Waals surface area contributed by atoms with E-state index in [0.29, 0.717) is 5.41 Å². The maximum atomic E-state index is 9.40. The lowest BCUT2D eigenvalue weighted by Gasteiger charge is -2.40. The van der Waals surface area contributed by atoms with Crippen molar-refractivity contribution in [3.8, 4) is 0 Å². The van der Waals surface area contributed by atoms with E-state index in [1.54, 1.807) is 0 Å². The van der Waals surface area contributed by atoms with Crippen LogP contribution in [0.25, 0.3) is 0 Å². The zero-order valence-electron chi connectivity index (χ0n) is 12.0. The van der Waals surface area contributed by atoms with Crippen molar-refractivity contribution < 1.29 is 5.11 Å². The highest BCUT2D eigenvalue weighted by molar-refractivity contribution is 4.90. The SMILES string of the molecule is CCCNC(CO)CN1CCC2(CCCC2)CC1. The first-order chi connectivity index (χ1) is 8.78. The summed E-state index contributed by atoms with van der Waals surface area (Å²) in [7, 11) is 0. The van der Waals surface area contributed by atoms with Gasteiger partial charge in [0.1, 0.15) is 0 Å². The predicted octanol–water partition coefficient (Wildman–Crippen LogP) is 2.00. The highest BCUT2D eigenvalue weighted by atomic mass is 16.3. The Balaban J connectivity index is 1.71. The molecule has 0 aromatic carbocycles. The Morgan fingerprint density at radius 2 is 1.83 bits per heavy atom. The molecule has 1 spiro atoms. The quantitative estimate of drug-likeness (QED) is 0.761. The Hall–Kier alpha value is -0.120. The summed E-state index contributed by atoms with van der Waals surface area (Å²) >= 11 is 0. The molecule has 1 atom stereocenters. The number of hydrogen-bond donors (Lipinski definition) is 2. The van der Waals surface area contributed by atoms with Crippen LogP contribution in [-0.2, 0) is 0 Å². The predicted molar refractivity (Wildman–Crippen MR) is 75.7 cm³/mol. The van der Waals surface area contributed by atoms with Gasteiger partial charge in [0.05, 0.1) is 6.61 Å². The van der Waals surface area contributed by atoms with Crippen LogP contribution in [0.4, 0.5) is 0 Å². The number of hydrogen-bond acceptors (Lipinski definition) is 3. The van der Waals surface area contributed by atoms with Crippen molar-refractivity contribution in [2.75, 3.05) is 32.8 Å². The van der Waals surface area contributed by atoms with Crippen molar-refractivity contribution in [1.82, 2.24) is 10.2 Å². The fraction of sp³-hybridized carbons (Fsp3) is 1.00. The highest BCUT2D eigenvalue weighted by Crippen LogP contribution is 2.45. The molecule has 2 fully saturated rings. The normalized spacial score (nSPS) is 25.7. The molecule has 106 valence electrons. The van der Waals surface area contributed by atoms with E-state index >= 15 is 0 Å². The Morgan fingerprint density at radius 3 is 2.39 bits per heavy atom. The molecule has 0 aromatic rings. The number of nitrogens with zero attached hydrogens (tertiary/aromatic N) is 1. The fourth-order valence-corrected chi connectivity index (χ4v) is 3.68. The summed E-state index contributed by atoms with van der Waals surface area (Å²) < 4.78 is 0. The number of aliphatic hydroxyl groups excluding tert-OH is 1. The second-order valence-electron chi connectivity index (χ2n) is 6.34. The molecule has 3 nitrogen and oxygen atoms in total. The molecule has 1 saturated heterocycles. The second kappa shape index (κ2) is 6.88. The fourth-order valence-electron chi connectivity index (χ4n) is 3.68. The minimum atomic E-state index is 0.266. The van der Waals surface area contributed by atoms with Crippen LogP contribution in [0.3, 0.4) is 0 Å². The lowest BCUT2D eigenvalue weighted by atomic mass is 9.77. The van der Waals surface area contributed by atoms with Crippen molar-refractivity contribution in [1.29, 1.82) is 0 Å². The summed E-state index contributed by atoms with van der Waals surface area (Å²) in [6.45, 7) is 6.96. The maximum absolute atomic E-state index is 9.40. The molecule has 0 amide bonds. The minimum absolute atomic E-state index is 0.266. The third kappa shape index (κ3) is 3.69. The maximum Gasteiger partial charge on any atom is 0.0597 e. The van der Waals surface area contributed by atoms with Crippen LogP contribution in [-0.4, -0.2) is 48.8 Å². The lowest BCUT2D eigenvalue weighted by molar-refractivity contribution is 0.0910. The van der Waals surface area contributed by atoms with E-state index < -0.39 is 0 Å². The van der Waals surface area contributed by atoms with Gasteiger partial charge in [-0.05, 0) is 57.2 Å². The van der Waals surface area contributed by atoms with Gasteiger partial charge in [0.25, 0.3) is 0 Å². The van der Waals surface area contributed by atoms with E-state index in [2.05, 4.69) is 17.1 Å². The number of likely N-dealkylation sites (tertiary alicyclic amines) is 1. The van der Waals surface area contributed by atoms with Gasteiger partial charge in [-0.25, -0.2) is 0 Å². The zero-order valence-corrected chi connectivity index (χ0v) is 12.0. The molecule has 1 unspecified atom stereocenters. The zero-order chi connectivity index (χ0) is 12.8. The molecule has 2 N–H and O–H groups in total. The Labute approximate surface area is 112 Å². The van der Waals surface area contributed by atoms with Crippen molar-refractivity contribution in [3.05, 3.63) is 0 Å². The van der Waals surface area contributed by atoms with Crippen LogP contribution >= 0.6 is 0 Å². The van der Waals surface area contributed by atoms with Crippen LogP contribution in [0.1, 0.15) is 51.9 Å². The summed E-state index contributed by atoms with van der Waals surface area (Å²) in [6.07, 6.45) is 9.77. The molecular formula is C15H30N2O. The van der Waals surface area contributed by atoms with Gasteiger partial charge in [0.15, 0.2) is 0 Å². The molecule has 1 aliphatic carbocycles. The van der Waals surface area contributed by atoms with Gasteiger partial charge in [0, 0.05) is 12.6 Å². The third-order valence-corrected chi connectivity index (χ3v) is 4.96. The molecule has 18 heavy (non-hydrogen) atoms. The second-order valence-corrected chi connectivity index (χ2v) is 6.34. The number of aliphatic hydroxyl groups is 1. The van der Waals surface area contributed by atoms with E-state index in [9.17, 15) is 5.11 Å². The molecular weight excluding hydrogens is 224 g/mol. The van der Waals surface area contributed by atoms with Gasteiger partial charge in [-0.15, -0.1) is 0 Å². The first-order valence-electron chi connectivity index (χ1n) is 7.84. The van der Waals surface area contributed by atoms with E-state index in [-0.39, 0.29) is 12.6 Å². The standard InChI is InChI=1S/C15H30N2O/c1-2-9-16-14(13-18)12-17-10-7-15(8-11-17)5-3-4-6-15/h14,16,18H,2-13H2,1H3. The van der Waals surface area contributed by atoms with E-state index in [0.717, 1.165) is 19.5 Å². The average Bonchev–Trinajstić information content (AvgIpc) is 2.85. The van der Waals surface area contributed by atoms with E-state index in [1.165, 1.54) is 51.6 Å². The first kappa shape index (κ1) is 14.3. The van der Waals surface area contributed by atoms with Crippen LogP contribution in [0.2, 0.25) is 0 Å². The number of nitrogens with one attached hydrogen (secondary N) is 1. The molecule has 2 aliphatic rings. The molecule has 1 heterocycles. The van der Waals surface area contributed by atoms with Crippen molar-refractivity contribution >= 4 is 0 Å². The van der Waals surface area contributed by atoms with Crippen LogP contribution in [0, 0.1) is 5.41 Å². The van der Waals surface area contributed by atoms with Crippen molar-refractivity contribution in [3.63, 3.8) is 0 Å². The highest BCUT2D eigenvalue weighted by Gasteiger charge is 2.36. The van der Waals surface area contributed by atoms with Crippen LogP contribution in [0.15, 0.2) is 0 Å². The van der Waals surface area contributed by atoms with Crippen LogP contribution < -0.4 is 5.32 Å². The third-order valence-electron chi connectivity index (χ3n) is 4.96. The van der Waals surface area contributed by atoms with Gasteiger partial charge in [0.2, 0.25) is 0 Å². The molecule has 3 heteroatoms. The molecule has 1 saturated carbocycles. The lowest BCUT2D eigenvalue weighted by Crippen LogP contribution is -2.47. The topological polar surface area (TPSA) is 35.5 Å². The number of piperidine rings is 1. The summed E-state index contributed by atoms with van der Waals surface area (Å²) in [5, 5.41) is 12.8. The molecule has 0 radical (unpaired) electrons. The Bertz CT molecular complexity index is 229. The van der Waals surface area contributed by atoms with Gasteiger partial charge in [-0.3, -0.25) is 0 Å². The Kier molecular flexibility index (Phi) is 5.46. The van der Waals surface area contributed by atoms with Gasteiger partial charge in [-0.1, -0.05) is 19.8 Å². The van der Waals surface area contributed by atoms with Crippen molar-refractivity contribution in [2.45, 2.75) is 57.9 Å². The summed E-state index contributed by atoms with van der Waals surface area (Å²) in [5.41, 5.74) is 0.710. The summed E-state index contributed by atoms with van der Waals surface area (Å²) in [6, 6.07) is 0.266. The molecule has 2 rings (SSSR count). The summed E-state index contributed by atoms with van der Waals surface area (Å²) in [4.78, 5) is 2.55. The van der Waals surface area contributed by atoms with E-state index in [4.69, 9.17) is 0 Å². The smallest absolute Gasteiger partial charge is 0.0597 e. The molecule has 0 aromatic heterocycles. The minimum Gasteiger partial charge on any atom is -0.395 e. The molecule has 1 aliphatic heterocycles. The summed E-state index contributed by atoms with van der Waals surface area (Å²) in [5.74, 6) is 0. The van der Waals surface area contributed by atoms with Crippen molar-refractivity contribution in [2.24, 2.45) is 5.41 Å². The number of rotatable bonds is 6. The monoisotopic (exact) mass is 254 g/mol. The Morgan fingerprint density at radius 1 is 1.17 bits per heavy atom.